The number of nitrogens with zero attached hydrogens (tertiary/aromatic N) is 1. The number of halogens is 2. The lowest BCUT2D eigenvalue weighted by atomic mass is 9.77. The van der Waals surface area contributed by atoms with Gasteiger partial charge in [-0.25, -0.2) is 4.98 Å². The molecule has 2 rings (SSSR count). The smallest absolute Gasteiger partial charge is 0.231 e. The van der Waals surface area contributed by atoms with Crippen LogP contribution in [0.15, 0.2) is 6.07 Å². The van der Waals surface area contributed by atoms with Crippen molar-refractivity contribution in [2.24, 2.45) is 5.41 Å². The average molecular weight is 316 g/mol. The van der Waals surface area contributed by atoms with Crippen LogP contribution < -0.4 is 10.6 Å². The molecule has 2 heterocycles. The number of hydrogen-bond acceptors (Lipinski definition) is 3. The van der Waals surface area contributed by atoms with Gasteiger partial charge in [-0.05, 0) is 44.4 Å². The highest BCUT2D eigenvalue weighted by atomic mass is 35.5. The van der Waals surface area contributed by atoms with E-state index >= 15 is 0 Å². The molecule has 0 spiro atoms. The van der Waals surface area contributed by atoms with Crippen LogP contribution in [0.4, 0.5) is 5.69 Å². The van der Waals surface area contributed by atoms with E-state index in [1.807, 2.05) is 13.8 Å². The summed E-state index contributed by atoms with van der Waals surface area (Å²) in [6, 6.07) is 1.70. The summed E-state index contributed by atoms with van der Waals surface area (Å²) in [6.07, 6.45) is 2.69. The van der Waals surface area contributed by atoms with Crippen molar-refractivity contribution in [2.45, 2.75) is 33.1 Å². The van der Waals surface area contributed by atoms with Crippen LogP contribution in [0.3, 0.4) is 0 Å². The van der Waals surface area contributed by atoms with Gasteiger partial charge in [0.1, 0.15) is 5.15 Å². The standard InChI is InChI=1S/C14H19Cl2N3O/c1-3-14(5-4-6-17-8-14)13(20)19-11-9(2)7-10(15)18-12(11)16/h7,17H,3-6,8H2,1-2H3,(H,19,20). The number of aromatic nitrogens is 1. The number of piperidine rings is 1. The lowest BCUT2D eigenvalue weighted by Crippen LogP contribution is -2.47. The maximum Gasteiger partial charge on any atom is 0.231 e. The molecule has 1 aromatic heterocycles. The molecule has 0 radical (unpaired) electrons. The highest BCUT2D eigenvalue weighted by Crippen LogP contribution is 2.34. The van der Waals surface area contributed by atoms with Gasteiger partial charge in [0, 0.05) is 6.54 Å². The fourth-order valence-electron chi connectivity index (χ4n) is 2.62. The molecule has 1 unspecified atom stereocenters. The normalized spacial score (nSPS) is 22.6. The van der Waals surface area contributed by atoms with E-state index in [2.05, 4.69) is 15.6 Å². The predicted octanol–water partition coefficient (Wildman–Crippen LogP) is 3.42. The highest BCUT2D eigenvalue weighted by Gasteiger charge is 2.38. The van der Waals surface area contributed by atoms with Gasteiger partial charge in [-0.15, -0.1) is 0 Å². The molecule has 4 nitrogen and oxygen atoms in total. The Labute approximate surface area is 129 Å². The van der Waals surface area contributed by atoms with Gasteiger partial charge in [0.05, 0.1) is 11.1 Å². The van der Waals surface area contributed by atoms with Crippen LogP contribution in [-0.4, -0.2) is 24.0 Å². The van der Waals surface area contributed by atoms with E-state index in [-0.39, 0.29) is 16.5 Å². The summed E-state index contributed by atoms with van der Waals surface area (Å²) >= 11 is 11.9. The summed E-state index contributed by atoms with van der Waals surface area (Å²) in [6.45, 7) is 5.57. The Morgan fingerprint density at radius 1 is 1.55 bits per heavy atom. The van der Waals surface area contributed by atoms with Crippen LogP contribution >= 0.6 is 23.2 Å². The molecule has 0 bridgehead atoms. The third-order valence-electron chi connectivity index (χ3n) is 4.01. The SMILES string of the molecule is CCC1(C(=O)Nc2c(C)cc(Cl)nc2Cl)CCCNC1. The minimum atomic E-state index is -0.367. The lowest BCUT2D eigenvalue weighted by molar-refractivity contribution is -0.126. The summed E-state index contributed by atoms with van der Waals surface area (Å²) < 4.78 is 0. The molecule has 0 aromatic carbocycles. The Kier molecular flexibility index (Phi) is 4.89. The Balaban J connectivity index is 2.23. The van der Waals surface area contributed by atoms with E-state index in [1.54, 1.807) is 6.07 Å². The fourth-order valence-corrected chi connectivity index (χ4v) is 3.19. The first-order valence-corrected chi connectivity index (χ1v) is 7.59. The number of nitrogens with one attached hydrogen (secondary N) is 2. The zero-order valence-electron chi connectivity index (χ0n) is 11.7. The average Bonchev–Trinajstić information content (AvgIpc) is 2.43. The van der Waals surface area contributed by atoms with Gasteiger partial charge in [-0.1, -0.05) is 30.1 Å². The highest BCUT2D eigenvalue weighted by molar-refractivity contribution is 6.34. The first-order chi connectivity index (χ1) is 9.48. The summed E-state index contributed by atoms with van der Waals surface area (Å²) in [4.78, 5) is 16.6. The molecular weight excluding hydrogens is 297 g/mol. The molecule has 1 fully saturated rings. The number of aryl methyl sites for hydroxylation is 1. The van der Waals surface area contributed by atoms with Gasteiger partial charge in [-0.2, -0.15) is 0 Å². The molecule has 20 heavy (non-hydrogen) atoms. The molecule has 1 aliphatic heterocycles. The van der Waals surface area contributed by atoms with Gasteiger partial charge >= 0.3 is 0 Å². The topological polar surface area (TPSA) is 54.0 Å². The van der Waals surface area contributed by atoms with E-state index in [4.69, 9.17) is 23.2 Å². The summed E-state index contributed by atoms with van der Waals surface area (Å²) in [7, 11) is 0. The molecule has 2 N–H and O–H groups in total. The van der Waals surface area contributed by atoms with Gasteiger partial charge in [0.15, 0.2) is 5.15 Å². The number of anilines is 1. The van der Waals surface area contributed by atoms with Crippen molar-refractivity contribution in [1.29, 1.82) is 0 Å². The van der Waals surface area contributed by atoms with Gasteiger partial charge in [0.25, 0.3) is 0 Å². The number of pyridine rings is 1. The second-order valence-electron chi connectivity index (χ2n) is 5.30. The molecular formula is C14H19Cl2N3O. The number of carbonyl (C=O) groups excluding carboxylic acids is 1. The molecule has 0 saturated carbocycles. The second-order valence-corrected chi connectivity index (χ2v) is 6.04. The van der Waals surface area contributed by atoms with Crippen molar-refractivity contribution in [1.82, 2.24) is 10.3 Å². The number of rotatable bonds is 3. The van der Waals surface area contributed by atoms with E-state index in [0.717, 1.165) is 31.4 Å². The van der Waals surface area contributed by atoms with Crippen LogP contribution in [0.2, 0.25) is 10.3 Å². The van der Waals surface area contributed by atoms with E-state index in [1.165, 1.54) is 0 Å². The Morgan fingerprint density at radius 2 is 2.30 bits per heavy atom. The maximum atomic E-state index is 12.6. The van der Waals surface area contributed by atoms with Crippen molar-refractivity contribution >= 4 is 34.8 Å². The van der Waals surface area contributed by atoms with Crippen molar-refractivity contribution in [3.63, 3.8) is 0 Å². The first-order valence-electron chi connectivity index (χ1n) is 6.83. The molecule has 6 heteroatoms. The minimum Gasteiger partial charge on any atom is -0.323 e. The summed E-state index contributed by atoms with van der Waals surface area (Å²) in [5.74, 6) is 0.00122. The Bertz CT molecular complexity index is 490. The fraction of sp³-hybridized carbons (Fsp3) is 0.571. The first kappa shape index (κ1) is 15.5. The van der Waals surface area contributed by atoms with E-state index in [9.17, 15) is 4.79 Å². The van der Waals surface area contributed by atoms with Crippen LogP contribution in [0, 0.1) is 12.3 Å². The summed E-state index contributed by atoms with van der Waals surface area (Å²) in [5.41, 5.74) is 1.01. The quantitative estimate of drug-likeness (QED) is 0.840. The third kappa shape index (κ3) is 3.08. The van der Waals surface area contributed by atoms with Crippen molar-refractivity contribution in [3.8, 4) is 0 Å². The zero-order valence-corrected chi connectivity index (χ0v) is 13.2. The summed E-state index contributed by atoms with van der Waals surface area (Å²) in [5, 5.41) is 6.80. The number of amides is 1. The number of hydrogen-bond donors (Lipinski definition) is 2. The van der Waals surface area contributed by atoms with Crippen LogP contribution in [0.1, 0.15) is 31.7 Å². The van der Waals surface area contributed by atoms with Crippen molar-refractivity contribution in [3.05, 3.63) is 21.9 Å². The number of carbonyl (C=O) groups is 1. The van der Waals surface area contributed by atoms with E-state index < -0.39 is 0 Å². The largest absolute Gasteiger partial charge is 0.323 e. The van der Waals surface area contributed by atoms with Crippen molar-refractivity contribution < 1.29 is 4.79 Å². The minimum absolute atomic E-state index is 0.00122. The zero-order chi connectivity index (χ0) is 14.8. The van der Waals surface area contributed by atoms with Crippen LogP contribution in [0.25, 0.3) is 0 Å². The Hall–Kier alpha value is -0.840. The monoisotopic (exact) mass is 315 g/mol. The van der Waals surface area contributed by atoms with Gasteiger partial charge < -0.3 is 10.6 Å². The van der Waals surface area contributed by atoms with Gasteiger partial charge in [0.2, 0.25) is 5.91 Å². The van der Waals surface area contributed by atoms with Gasteiger partial charge in [-0.3, -0.25) is 4.79 Å². The molecule has 1 aliphatic rings. The molecule has 0 aliphatic carbocycles. The van der Waals surface area contributed by atoms with E-state index in [0.29, 0.717) is 17.4 Å². The van der Waals surface area contributed by atoms with Crippen LogP contribution in [0.5, 0.6) is 0 Å². The molecule has 1 amide bonds. The Morgan fingerprint density at radius 3 is 2.85 bits per heavy atom. The lowest BCUT2D eigenvalue weighted by Gasteiger charge is -2.35. The second kappa shape index (κ2) is 6.29. The third-order valence-corrected chi connectivity index (χ3v) is 4.48. The predicted molar refractivity (Wildman–Crippen MR) is 82.5 cm³/mol. The van der Waals surface area contributed by atoms with Crippen LogP contribution in [-0.2, 0) is 4.79 Å². The molecule has 1 saturated heterocycles. The van der Waals surface area contributed by atoms with Crippen molar-refractivity contribution in [2.75, 3.05) is 18.4 Å². The molecule has 1 aromatic rings. The molecule has 1 atom stereocenters. The maximum absolute atomic E-state index is 12.6. The molecule has 110 valence electrons.